The maximum atomic E-state index is 12.3. The molecule has 132 valence electrons. The molecule has 0 radical (unpaired) electrons. The number of pyridine rings is 1. The zero-order chi connectivity index (χ0) is 18.4. The number of hydrogen-bond acceptors (Lipinski definition) is 3. The van der Waals surface area contributed by atoms with Gasteiger partial charge in [0, 0.05) is 24.7 Å². The van der Waals surface area contributed by atoms with Crippen LogP contribution in [-0.4, -0.2) is 23.0 Å². The molecule has 0 spiro atoms. The van der Waals surface area contributed by atoms with Gasteiger partial charge < -0.3 is 15.0 Å². The Balaban J connectivity index is 1.58. The fraction of sp³-hybridized carbons (Fsp3) is 0.100. The number of carbonyl (C=O) groups is 1. The molecule has 0 bridgehead atoms. The van der Waals surface area contributed by atoms with Crippen molar-refractivity contribution in [3.8, 4) is 11.6 Å². The highest BCUT2D eigenvalue weighted by atomic mass is 35.5. The van der Waals surface area contributed by atoms with E-state index in [-0.39, 0.29) is 6.03 Å². The number of anilines is 1. The molecule has 6 heteroatoms. The third-order valence-electron chi connectivity index (χ3n) is 3.67. The van der Waals surface area contributed by atoms with Crippen LogP contribution in [-0.2, 0) is 6.54 Å². The molecule has 3 aromatic rings. The van der Waals surface area contributed by atoms with Crippen molar-refractivity contribution in [2.45, 2.75) is 6.54 Å². The first-order valence-electron chi connectivity index (χ1n) is 8.06. The second-order valence-electron chi connectivity index (χ2n) is 5.68. The van der Waals surface area contributed by atoms with E-state index in [1.807, 2.05) is 48.5 Å². The van der Waals surface area contributed by atoms with Gasteiger partial charge in [0.1, 0.15) is 5.75 Å². The van der Waals surface area contributed by atoms with Crippen molar-refractivity contribution in [3.05, 3.63) is 83.5 Å². The van der Waals surface area contributed by atoms with Crippen molar-refractivity contribution in [1.82, 2.24) is 9.88 Å². The largest absolute Gasteiger partial charge is 0.439 e. The zero-order valence-electron chi connectivity index (χ0n) is 14.2. The first kappa shape index (κ1) is 17.8. The Bertz CT molecular complexity index is 870. The molecule has 3 rings (SSSR count). The molecule has 2 aromatic carbocycles. The van der Waals surface area contributed by atoms with Crippen molar-refractivity contribution in [2.75, 3.05) is 12.4 Å². The van der Waals surface area contributed by atoms with Crippen LogP contribution in [0, 0.1) is 0 Å². The highest BCUT2D eigenvalue weighted by Crippen LogP contribution is 2.20. The normalized spacial score (nSPS) is 10.2. The van der Waals surface area contributed by atoms with Gasteiger partial charge >= 0.3 is 6.03 Å². The summed E-state index contributed by atoms with van der Waals surface area (Å²) in [6.45, 7) is 0.411. The Morgan fingerprint density at radius 1 is 1.08 bits per heavy atom. The molecule has 0 saturated carbocycles. The van der Waals surface area contributed by atoms with E-state index in [0.717, 1.165) is 5.56 Å². The Morgan fingerprint density at radius 2 is 1.81 bits per heavy atom. The maximum absolute atomic E-state index is 12.3. The minimum atomic E-state index is -0.247. The quantitative estimate of drug-likeness (QED) is 0.675. The van der Waals surface area contributed by atoms with Crippen LogP contribution in [0.3, 0.4) is 0 Å². The predicted octanol–water partition coefficient (Wildman–Crippen LogP) is 5.19. The number of aromatic nitrogens is 1. The Hall–Kier alpha value is -3.05. The van der Waals surface area contributed by atoms with E-state index in [1.165, 1.54) is 0 Å². The fourth-order valence-corrected chi connectivity index (χ4v) is 2.49. The number of urea groups is 1. The third-order valence-corrected chi connectivity index (χ3v) is 4.03. The van der Waals surface area contributed by atoms with Crippen LogP contribution in [0.1, 0.15) is 5.56 Å². The Labute approximate surface area is 157 Å². The van der Waals surface area contributed by atoms with E-state index in [0.29, 0.717) is 28.9 Å². The van der Waals surface area contributed by atoms with Crippen molar-refractivity contribution in [2.24, 2.45) is 0 Å². The molecule has 1 heterocycles. The van der Waals surface area contributed by atoms with Gasteiger partial charge in [0.15, 0.2) is 0 Å². The van der Waals surface area contributed by atoms with Gasteiger partial charge in [0.2, 0.25) is 5.88 Å². The van der Waals surface area contributed by atoms with Crippen LogP contribution in [0.15, 0.2) is 72.9 Å². The molecule has 26 heavy (non-hydrogen) atoms. The summed E-state index contributed by atoms with van der Waals surface area (Å²) in [5.74, 6) is 1.16. The Kier molecular flexibility index (Phi) is 5.71. The number of benzene rings is 2. The number of ether oxygens (including phenoxy) is 1. The number of carbonyl (C=O) groups excluding carboxylic acids is 1. The van der Waals surface area contributed by atoms with E-state index < -0.39 is 0 Å². The molecule has 0 fully saturated rings. The van der Waals surface area contributed by atoms with Crippen LogP contribution >= 0.6 is 11.6 Å². The Morgan fingerprint density at radius 3 is 2.50 bits per heavy atom. The van der Waals surface area contributed by atoms with Crippen LogP contribution in [0.2, 0.25) is 5.02 Å². The van der Waals surface area contributed by atoms with Gasteiger partial charge in [-0.1, -0.05) is 48.0 Å². The molecule has 0 saturated heterocycles. The lowest BCUT2D eigenvalue weighted by Gasteiger charge is -2.18. The lowest BCUT2D eigenvalue weighted by molar-refractivity contribution is 0.220. The second-order valence-corrected chi connectivity index (χ2v) is 6.09. The van der Waals surface area contributed by atoms with Gasteiger partial charge in [-0.2, -0.15) is 0 Å². The van der Waals surface area contributed by atoms with Crippen LogP contribution in [0.4, 0.5) is 10.5 Å². The van der Waals surface area contributed by atoms with Gasteiger partial charge in [0.25, 0.3) is 0 Å². The van der Waals surface area contributed by atoms with E-state index in [4.69, 9.17) is 16.3 Å². The lowest BCUT2D eigenvalue weighted by Crippen LogP contribution is -2.30. The van der Waals surface area contributed by atoms with E-state index in [2.05, 4.69) is 10.3 Å². The molecule has 0 atom stereocenters. The van der Waals surface area contributed by atoms with Gasteiger partial charge in [-0.25, -0.2) is 9.78 Å². The second kappa shape index (κ2) is 8.36. The highest BCUT2D eigenvalue weighted by Gasteiger charge is 2.11. The number of amides is 2. The number of nitrogens with one attached hydrogen (secondary N) is 1. The fourth-order valence-electron chi connectivity index (χ4n) is 2.30. The summed E-state index contributed by atoms with van der Waals surface area (Å²) in [5.41, 5.74) is 1.47. The van der Waals surface area contributed by atoms with Crippen molar-refractivity contribution in [1.29, 1.82) is 0 Å². The summed E-state index contributed by atoms with van der Waals surface area (Å²) in [6.07, 6.45) is 1.56. The topological polar surface area (TPSA) is 54.5 Å². The number of nitrogens with zero attached hydrogens (tertiary/aromatic N) is 2. The van der Waals surface area contributed by atoms with Crippen molar-refractivity contribution < 1.29 is 9.53 Å². The molecule has 2 amide bonds. The third kappa shape index (κ3) is 4.74. The molecule has 0 unspecified atom stereocenters. The monoisotopic (exact) mass is 367 g/mol. The van der Waals surface area contributed by atoms with Gasteiger partial charge in [-0.3, -0.25) is 0 Å². The summed E-state index contributed by atoms with van der Waals surface area (Å²) in [6, 6.07) is 20.0. The molecular weight excluding hydrogens is 350 g/mol. The summed E-state index contributed by atoms with van der Waals surface area (Å²) in [7, 11) is 1.71. The van der Waals surface area contributed by atoms with E-state index in [1.54, 1.807) is 36.3 Å². The number of halogens is 1. The lowest BCUT2D eigenvalue weighted by atomic mass is 10.2. The molecular formula is C20H18ClN3O2. The maximum Gasteiger partial charge on any atom is 0.321 e. The van der Waals surface area contributed by atoms with Gasteiger partial charge in [0.05, 0.1) is 11.9 Å². The molecule has 0 aliphatic heterocycles. The number of hydrogen-bond donors (Lipinski definition) is 1. The molecule has 1 aromatic heterocycles. The van der Waals surface area contributed by atoms with E-state index >= 15 is 0 Å². The highest BCUT2D eigenvalue weighted by molar-refractivity contribution is 6.31. The van der Waals surface area contributed by atoms with E-state index in [9.17, 15) is 4.79 Å². The summed E-state index contributed by atoms with van der Waals surface area (Å²) in [4.78, 5) is 18.1. The molecule has 0 aliphatic carbocycles. The predicted molar refractivity (Wildman–Crippen MR) is 103 cm³/mol. The van der Waals surface area contributed by atoms with Crippen LogP contribution < -0.4 is 10.1 Å². The molecule has 1 N–H and O–H groups in total. The standard InChI is InChI=1S/C20H18ClN3O2/c1-24(14-15-7-5-6-10-18(15)21)20(25)23-16-11-12-19(22-13-16)26-17-8-3-2-4-9-17/h2-13H,14H2,1H3,(H,23,25). The minimum absolute atomic E-state index is 0.247. The SMILES string of the molecule is CN(Cc1ccccc1Cl)C(=O)Nc1ccc(Oc2ccccc2)nc1. The summed E-state index contributed by atoms with van der Waals surface area (Å²) in [5, 5.41) is 3.43. The van der Waals surface area contributed by atoms with Gasteiger partial charge in [-0.05, 0) is 29.8 Å². The zero-order valence-corrected chi connectivity index (χ0v) is 15.0. The summed E-state index contributed by atoms with van der Waals surface area (Å²) >= 11 is 6.13. The summed E-state index contributed by atoms with van der Waals surface area (Å²) < 4.78 is 5.63. The number of rotatable bonds is 5. The molecule has 0 aliphatic rings. The van der Waals surface area contributed by atoms with Crippen LogP contribution in [0.5, 0.6) is 11.6 Å². The van der Waals surface area contributed by atoms with Crippen molar-refractivity contribution in [3.63, 3.8) is 0 Å². The van der Waals surface area contributed by atoms with Crippen LogP contribution in [0.25, 0.3) is 0 Å². The number of para-hydroxylation sites is 1. The average Bonchev–Trinajstić information content (AvgIpc) is 2.66. The van der Waals surface area contributed by atoms with Gasteiger partial charge in [-0.15, -0.1) is 0 Å². The molecule has 5 nitrogen and oxygen atoms in total. The average molecular weight is 368 g/mol. The first-order chi connectivity index (χ1) is 12.6. The smallest absolute Gasteiger partial charge is 0.321 e. The van der Waals surface area contributed by atoms with Crippen molar-refractivity contribution >= 4 is 23.3 Å². The first-order valence-corrected chi connectivity index (χ1v) is 8.44. The minimum Gasteiger partial charge on any atom is -0.439 e.